The van der Waals surface area contributed by atoms with Crippen molar-refractivity contribution in [3.05, 3.63) is 51.5 Å². The first kappa shape index (κ1) is 23.5. The van der Waals surface area contributed by atoms with E-state index in [-0.39, 0.29) is 24.3 Å². The smallest absolute Gasteiger partial charge is 0.262 e. The van der Waals surface area contributed by atoms with Crippen LogP contribution in [0.15, 0.2) is 36.4 Å². The Hall–Kier alpha value is -2.15. The molecule has 31 heavy (non-hydrogen) atoms. The third-order valence-corrected chi connectivity index (χ3v) is 5.75. The average Bonchev–Trinajstić information content (AvgIpc) is 2.73. The van der Waals surface area contributed by atoms with Gasteiger partial charge in [-0.25, -0.2) is 0 Å². The number of carbonyl (C=O) groups is 2. The van der Waals surface area contributed by atoms with Crippen LogP contribution in [0.3, 0.4) is 0 Å². The van der Waals surface area contributed by atoms with Crippen molar-refractivity contribution in [2.75, 3.05) is 43.0 Å². The molecule has 2 amide bonds. The van der Waals surface area contributed by atoms with Crippen LogP contribution in [-0.2, 0) is 9.59 Å². The normalized spacial score (nSPS) is 14.0. The molecule has 1 saturated heterocycles. The summed E-state index contributed by atoms with van der Waals surface area (Å²) >= 11 is 18.4. The minimum Gasteiger partial charge on any atom is -0.482 e. The van der Waals surface area contributed by atoms with Crippen LogP contribution in [0.4, 0.5) is 11.4 Å². The van der Waals surface area contributed by atoms with E-state index in [0.29, 0.717) is 52.7 Å². The molecule has 1 fully saturated rings. The van der Waals surface area contributed by atoms with Crippen LogP contribution in [-0.4, -0.2) is 49.5 Å². The van der Waals surface area contributed by atoms with Crippen molar-refractivity contribution >= 4 is 58.0 Å². The number of halogens is 3. The third-order valence-electron chi connectivity index (χ3n) is 4.92. The fourth-order valence-electron chi connectivity index (χ4n) is 3.38. The Kier molecular flexibility index (Phi) is 7.92. The van der Waals surface area contributed by atoms with Gasteiger partial charge in [-0.15, -0.1) is 0 Å². The summed E-state index contributed by atoms with van der Waals surface area (Å²) in [5.41, 5.74) is 1.32. The fraction of sp³-hybridized carbons (Fsp3) is 0.364. The first-order chi connectivity index (χ1) is 14.8. The molecule has 2 aromatic rings. The molecular formula is C22H24Cl3N3O3. The average molecular weight is 485 g/mol. The molecule has 166 valence electrons. The zero-order valence-electron chi connectivity index (χ0n) is 17.3. The molecule has 0 radical (unpaired) electrons. The second-order valence-electron chi connectivity index (χ2n) is 7.51. The van der Waals surface area contributed by atoms with Crippen LogP contribution in [0.5, 0.6) is 5.75 Å². The Balaban J connectivity index is 1.66. The van der Waals surface area contributed by atoms with E-state index < -0.39 is 0 Å². The van der Waals surface area contributed by atoms with Gasteiger partial charge in [0.05, 0.1) is 21.4 Å². The van der Waals surface area contributed by atoms with Crippen molar-refractivity contribution < 1.29 is 14.3 Å². The Bertz CT molecular complexity index is 960. The van der Waals surface area contributed by atoms with Crippen molar-refractivity contribution in [2.45, 2.75) is 13.8 Å². The van der Waals surface area contributed by atoms with Gasteiger partial charge in [-0.2, -0.15) is 0 Å². The molecule has 1 heterocycles. The van der Waals surface area contributed by atoms with E-state index in [1.807, 2.05) is 18.7 Å². The number of nitrogens with one attached hydrogen (secondary N) is 1. The van der Waals surface area contributed by atoms with Gasteiger partial charge in [-0.3, -0.25) is 9.59 Å². The molecule has 9 heteroatoms. The van der Waals surface area contributed by atoms with Gasteiger partial charge in [0.1, 0.15) is 5.75 Å². The van der Waals surface area contributed by atoms with Crippen LogP contribution in [0.25, 0.3) is 0 Å². The maximum atomic E-state index is 12.5. The van der Waals surface area contributed by atoms with E-state index in [1.54, 1.807) is 36.4 Å². The SMILES string of the molecule is CC(C)C(=O)N1CCN(c2c(Cl)cccc2NC(=O)COc2ccc(Cl)cc2Cl)CC1. The van der Waals surface area contributed by atoms with Crippen LogP contribution in [0.2, 0.25) is 15.1 Å². The molecule has 6 nitrogen and oxygen atoms in total. The summed E-state index contributed by atoms with van der Waals surface area (Å²) in [6, 6.07) is 10.1. The zero-order valence-corrected chi connectivity index (χ0v) is 19.6. The van der Waals surface area contributed by atoms with Gasteiger partial charge < -0.3 is 19.9 Å². The van der Waals surface area contributed by atoms with Gasteiger partial charge in [0.15, 0.2) is 6.61 Å². The maximum Gasteiger partial charge on any atom is 0.262 e. The Labute approximate surface area is 197 Å². The fourth-order valence-corrected chi connectivity index (χ4v) is 4.13. The predicted octanol–water partition coefficient (Wildman–Crippen LogP) is 4.97. The van der Waals surface area contributed by atoms with E-state index in [0.717, 1.165) is 5.69 Å². The van der Waals surface area contributed by atoms with Crippen LogP contribution < -0.4 is 15.0 Å². The van der Waals surface area contributed by atoms with Crippen molar-refractivity contribution in [1.82, 2.24) is 4.90 Å². The van der Waals surface area contributed by atoms with Gasteiger partial charge in [-0.1, -0.05) is 54.7 Å². The summed E-state index contributed by atoms with van der Waals surface area (Å²) in [4.78, 5) is 28.7. The summed E-state index contributed by atoms with van der Waals surface area (Å²) in [6.07, 6.45) is 0. The Morgan fingerprint density at radius 3 is 2.39 bits per heavy atom. The number of para-hydroxylation sites is 1. The monoisotopic (exact) mass is 483 g/mol. The highest BCUT2D eigenvalue weighted by Gasteiger charge is 2.25. The number of ether oxygens (including phenoxy) is 1. The minimum atomic E-state index is -0.344. The molecule has 0 aliphatic carbocycles. The number of amides is 2. The van der Waals surface area contributed by atoms with E-state index in [4.69, 9.17) is 39.5 Å². The number of benzene rings is 2. The molecule has 0 unspecified atom stereocenters. The van der Waals surface area contributed by atoms with E-state index in [2.05, 4.69) is 10.2 Å². The Morgan fingerprint density at radius 1 is 1.03 bits per heavy atom. The van der Waals surface area contributed by atoms with Gasteiger partial charge in [0, 0.05) is 37.1 Å². The summed E-state index contributed by atoms with van der Waals surface area (Å²) in [6.45, 7) is 6.04. The lowest BCUT2D eigenvalue weighted by Gasteiger charge is -2.38. The molecule has 1 N–H and O–H groups in total. The number of hydrogen-bond acceptors (Lipinski definition) is 4. The quantitative estimate of drug-likeness (QED) is 0.629. The summed E-state index contributed by atoms with van der Waals surface area (Å²) in [5.74, 6) is 0.142. The lowest BCUT2D eigenvalue weighted by atomic mass is 10.1. The second-order valence-corrected chi connectivity index (χ2v) is 8.77. The third kappa shape index (κ3) is 5.97. The molecule has 0 spiro atoms. The van der Waals surface area contributed by atoms with Gasteiger partial charge in [0.2, 0.25) is 5.91 Å². The van der Waals surface area contributed by atoms with Crippen LogP contribution >= 0.6 is 34.8 Å². The number of piperazine rings is 1. The second kappa shape index (κ2) is 10.4. The molecule has 0 bridgehead atoms. The highest BCUT2D eigenvalue weighted by atomic mass is 35.5. The molecule has 2 aromatic carbocycles. The Morgan fingerprint density at radius 2 is 1.74 bits per heavy atom. The topological polar surface area (TPSA) is 61.9 Å². The predicted molar refractivity (Wildman–Crippen MR) is 126 cm³/mol. The lowest BCUT2D eigenvalue weighted by Crippen LogP contribution is -2.50. The zero-order chi connectivity index (χ0) is 22.5. The first-order valence-electron chi connectivity index (χ1n) is 9.96. The number of nitrogens with zero attached hydrogens (tertiary/aromatic N) is 2. The van der Waals surface area contributed by atoms with Gasteiger partial charge in [0.25, 0.3) is 5.91 Å². The van der Waals surface area contributed by atoms with Crippen molar-refractivity contribution in [2.24, 2.45) is 5.92 Å². The van der Waals surface area contributed by atoms with Gasteiger partial charge in [-0.05, 0) is 30.3 Å². The number of hydrogen-bond donors (Lipinski definition) is 1. The summed E-state index contributed by atoms with van der Waals surface area (Å²) in [7, 11) is 0. The van der Waals surface area contributed by atoms with Crippen LogP contribution in [0.1, 0.15) is 13.8 Å². The maximum absolute atomic E-state index is 12.5. The molecule has 0 aromatic heterocycles. The largest absolute Gasteiger partial charge is 0.482 e. The van der Waals surface area contributed by atoms with Crippen molar-refractivity contribution in [3.8, 4) is 5.75 Å². The van der Waals surface area contributed by atoms with Crippen molar-refractivity contribution in [3.63, 3.8) is 0 Å². The highest BCUT2D eigenvalue weighted by molar-refractivity contribution is 6.35. The lowest BCUT2D eigenvalue weighted by molar-refractivity contribution is -0.134. The molecule has 0 atom stereocenters. The van der Waals surface area contributed by atoms with Crippen molar-refractivity contribution in [1.29, 1.82) is 0 Å². The number of rotatable bonds is 6. The molecule has 0 saturated carbocycles. The minimum absolute atomic E-state index is 0.0316. The van der Waals surface area contributed by atoms with Crippen LogP contribution in [0, 0.1) is 5.92 Å². The molecular weight excluding hydrogens is 461 g/mol. The van der Waals surface area contributed by atoms with Gasteiger partial charge >= 0.3 is 0 Å². The van der Waals surface area contributed by atoms with E-state index in [1.165, 1.54) is 0 Å². The molecule has 1 aliphatic heterocycles. The molecule has 3 rings (SSSR count). The van der Waals surface area contributed by atoms with E-state index in [9.17, 15) is 9.59 Å². The number of anilines is 2. The highest BCUT2D eigenvalue weighted by Crippen LogP contribution is 2.35. The van der Waals surface area contributed by atoms with E-state index >= 15 is 0 Å². The molecule has 1 aliphatic rings. The summed E-state index contributed by atoms with van der Waals surface area (Å²) < 4.78 is 5.51. The number of carbonyl (C=O) groups excluding carboxylic acids is 2. The first-order valence-corrected chi connectivity index (χ1v) is 11.1. The standard InChI is InChI=1S/C22H24Cl3N3O3/c1-14(2)22(30)28-10-8-27(9-11-28)21-16(24)4-3-5-18(21)26-20(29)13-31-19-7-6-15(23)12-17(19)25/h3-7,12,14H,8-11,13H2,1-2H3,(H,26,29). The summed E-state index contributed by atoms with van der Waals surface area (Å²) in [5, 5.41) is 4.21.